The molecule has 0 atom stereocenters. The minimum atomic E-state index is -0.117. The fraction of sp³-hybridized carbons (Fsp3) is 0.238. The Kier molecular flexibility index (Phi) is 5.96. The zero-order valence-corrected chi connectivity index (χ0v) is 16.5. The highest BCUT2D eigenvalue weighted by atomic mass is 16.2. The summed E-state index contributed by atoms with van der Waals surface area (Å²) >= 11 is 0. The van der Waals surface area contributed by atoms with Crippen molar-refractivity contribution in [1.29, 1.82) is 0 Å². The highest BCUT2D eigenvalue weighted by molar-refractivity contribution is 5.91. The highest BCUT2D eigenvalue weighted by Crippen LogP contribution is 2.27. The highest BCUT2D eigenvalue weighted by Gasteiger charge is 2.10. The first kappa shape index (κ1) is 19.4. The SMILES string of the molecule is CNc1ccc(C)c(-c2cncc(-c3ccnc(NC(=O)CN(C)C)c3)n2)c1. The molecule has 7 nitrogen and oxygen atoms in total. The van der Waals surface area contributed by atoms with Crippen LogP contribution in [-0.2, 0) is 4.79 Å². The van der Waals surface area contributed by atoms with Crippen molar-refractivity contribution < 1.29 is 4.79 Å². The number of hydrogen-bond acceptors (Lipinski definition) is 6. The molecule has 0 saturated carbocycles. The standard InChI is InChI=1S/C21H24N6O/c1-14-5-6-16(22-2)10-17(14)19-12-23-11-18(25-19)15-7-8-24-20(9-15)26-21(28)13-27(3)4/h5-12,22H,13H2,1-4H3,(H,24,26,28). The predicted molar refractivity (Wildman–Crippen MR) is 112 cm³/mol. The number of aryl methyl sites for hydroxylation is 1. The van der Waals surface area contributed by atoms with Crippen molar-refractivity contribution in [3.05, 3.63) is 54.5 Å². The van der Waals surface area contributed by atoms with Gasteiger partial charge in [0.1, 0.15) is 5.82 Å². The first-order chi connectivity index (χ1) is 13.5. The second kappa shape index (κ2) is 8.58. The molecule has 28 heavy (non-hydrogen) atoms. The van der Waals surface area contributed by atoms with E-state index in [2.05, 4.69) is 32.7 Å². The molecule has 1 amide bonds. The van der Waals surface area contributed by atoms with Crippen molar-refractivity contribution in [2.24, 2.45) is 0 Å². The van der Waals surface area contributed by atoms with Gasteiger partial charge in [0.15, 0.2) is 0 Å². The molecule has 0 aliphatic rings. The van der Waals surface area contributed by atoms with E-state index in [0.717, 1.165) is 33.8 Å². The van der Waals surface area contributed by atoms with E-state index in [-0.39, 0.29) is 5.91 Å². The van der Waals surface area contributed by atoms with E-state index < -0.39 is 0 Å². The minimum absolute atomic E-state index is 0.117. The number of carbonyl (C=O) groups excluding carboxylic acids is 1. The van der Waals surface area contributed by atoms with Crippen LogP contribution in [0.15, 0.2) is 48.9 Å². The van der Waals surface area contributed by atoms with Crippen LogP contribution in [0.5, 0.6) is 0 Å². The Morgan fingerprint density at radius 3 is 2.64 bits per heavy atom. The monoisotopic (exact) mass is 376 g/mol. The molecule has 0 fully saturated rings. The van der Waals surface area contributed by atoms with Crippen molar-refractivity contribution >= 4 is 17.4 Å². The average molecular weight is 376 g/mol. The number of hydrogen-bond donors (Lipinski definition) is 2. The quantitative estimate of drug-likeness (QED) is 0.688. The van der Waals surface area contributed by atoms with Gasteiger partial charge in [0.2, 0.25) is 5.91 Å². The number of aromatic nitrogens is 3. The summed E-state index contributed by atoms with van der Waals surface area (Å²) in [7, 11) is 5.57. The van der Waals surface area contributed by atoms with Gasteiger partial charge < -0.3 is 15.5 Å². The molecule has 2 N–H and O–H groups in total. The van der Waals surface area contributed by atoms with E-state index in [1.807, 2.05) is 40.2 Å². The Morgan fingerprint density at radius 1 is 1.11 bits per heavy atom. The Hall–Kier alpha value is -3.32. The van der Waals surface area contributed by atoms with E-state index in [9.17, 15) is 4.79 Å². The van der Waals surface area contributed by atoms with Crippen LogP contribution >= 0.6 is 0 Å². The second-order valence-corrected chi connectivity index (χ2v) is 6.78. The molecule has 0 unspecified atom stereocenters. The summed E-state index contributed by atoms with van der Waals surface area (Å²) in [6.07, 6.45) is 5.12. The second-order valence-electron chi connectivity index (χ2n) is 6.78. The fourth-order valence-electron chi connectivity index (χ4n) is 2.82. The zero-order valence-electron chi connectivity index (χ0n) is 16.5. The number of rotatable bonds is 6. The molecular weight excluding hydrogens is 352 g/mol. The van der Waals surface area contributed by atoms with Crippen molar-refractivity contribution in [3.8, 4) is 22.5 Å². The zero-order chi connectivity index (χ0) is 20.1. The molecule has 0 radical (unpaired) electrons. The average Bonchev–Trinajstić information content (AvgIpc) is 2.68. The van der Waals surface area contributed by atoms with E-state index in [1.165, 1.54) is 0 Å². The van der Waals surface area contributed by atoms with Gasteiger partial charge in [0, 0.05) is 30.1 Å². The van der Waals surface area contributed by atoms with Crippen molar-refractivity contribution in [3.63, 3.8) is 0 Å². The lowest BCUT2D eigenvalue weighted by Crippen LogP contribution is -2.27. The van der Waals surface area contributed by atoms with Crippen LogP contribution in [0.25, 0.3) is 22.5 Å². The van der Waals surface area contributed by atoms with Gasteiger partial charge in [-0.25, -0.2) is 9.97 Å². The first-order valence-electron chi connectivity index (χ1n) is 8.98. The summed E-state index contributed by atoms with van der Waals surface area (Å²) in [4.78, 5) is 27.2. The number of carbonyl (C=O) groups is 1. The van der Waals surface area contributed by atoms with Crippen molar-refractivity contribution in [2.75, 3.05) is 38.3 Å². The molecule has 0 aliphatic heterocycles. The summed E-state index contributed by atoms with van der Waals surface area (Å²) in [5.41, 5.74) is 5.51. The van der Waals surface area contributed by atoms with Crippen molar-refractivity contribution in [2.45, 2.75) is 6.92 Å². The smallest absolute Gasteiger partial charge is 0.239 e. The van der Waals surface area contributed by atoms with Gasteiger partial charge in [-0.2, -0.15) is 0 Å². The summed E-state index contributed by atoms with van der Waals surface area (Å²) < 4.78 is 0. The number of likely N-dealkylation sites (N-methyl/N-ethyl adjacent to an activating group) is 1. The Bertz CT molecular complexity index is 986. The molecule has 144 valence electrons. The fourth-order valence-corrected chi connectivity index (χ4v) is 2.82. The maximum Gasteiger partial charge on any atom is 0.239 e. The topological polar surface area (TPSA) is 83.0 Å². The summed E-state index contributed by atoms with van der Waals surface area (Å²) in [6.45, 7) is 2.34. The van der Waals surface area contributed by atoms with Gasteiger partial charge in [-0.3, -0.25) is 9.78 Å². The largest absolute Gasteiger partial charge is 0.388 e. The number of amides is 1. The molecule has 7 heteroatoms. The normalized spacial score (nSPS) is 10.8. The minimum Gasteiger partial charge on any atom is -0.388 e. The summed E-state index contributed by atoms with van der Waals surface area (Å²) in [6, 6.07) is 9.80. The van der Waals surface area contributed by atoms with Crippen LogP contribution in [0.1, 0.15) is 5.56 Å². The maximum atomic E-state index is 12.0. The number of anilines is 2. The molecule has 0 saturated heterocycles. The molecule has 2 aromatic heterocycles. The van der Waals surface area contributed by atoms with Gasteiger partial charge in [-0.05, 0) is 50.8 Å². The summed E-state index contributed by atoms with van der Waals surface area (Å²) in [5, 5.41) is 5.96. The molecule has 0 spiro atoms. The van der Waals surface area contributed by atoms with Gasteiger partial charge in [0.05, 0.1) is 30.3 Å². The van der Waals surface area contributed by atoms with Gasteiger partial charge >= 0.3 is 0 Å². The number of pyridine rings is 1. The number of nitrogens with one attached hydrogen (secondary N) is 2. The van der Waals surface area contributed by atoms with E-state index in [0.29, 0.717) is 12.4 Å². The lowest BCUT2D eigenvalue weighted by atomic mass is 10.0. The van der Waals surface area contributed by atoms with Crippen LogP contribution < -0.4 is 10.6 Å². The lowest BCUT2D eigenvalue weighted by Gasteiger charge is -2.11. The molecule has 3 aromatic rings. The Labute approximate surface area is 164 Å². The van der Waals surface area contributed by atoms with E-state index >= 15 is 0 Å². The third-order valence-corrected chi connectivity index (χ3v) is 4.22. The number of benzene rings is 1. The lowest BCUT2D eigenvalue weighted by molar-refractivity contribution is -0.116. The summed E-state index contributed by atoms with van der Waals surface area (Å²) in [5.74, 6) is 0.374. The molecule has 3 rings (SSSR count). The van der Waals surface area contributed by atoms with Crippen molar-refractivity contribution in [1.82, 2.24) is 19.9 Å². The number of nitrogens with zero attached hydrogens (tertiary/aromatic N) is 4. The molecule has 1 aromatic carbocycles. The molecule has 0 aliphatic carbocycles. The van der Waals surface area contributed by atoms with Gasteiger partial charge in [-0.15, -0.1) is 0 Å². The van der Waals surface area contributed by atoms with Crippen LogP contribution in [0.4, 0.5) is 11.5 Å². The Balaban J connectivity index is 1.91. The van der Waals surface area contributed by atoms with Gasteiger partial charge in [-0.1, -0.05) is 6.07 Å². The molecule has 2 heterocycles. The Morgan fingerprint density at radius 2 is 1.89 bits per heavy atom. The van der Waals surface area contributed by atoms with E-state index in [1.54, 1.807) is 29.6 Å². The molecule has 0 bridgehead atoms. The third-order valence-electron chi connectivity index (χ3n) is 4.22. The third kappa shape index (κ3) is 4.69. The van der Waals surface area contributed by atoms with Crippen LogP contribution in [-0.4, -0.2) is 53.4 Å². The van der Waals surface area contributed by atoms with Gasteiger partial charge in [0.25, 0.3) is 0 Å². The predicted octanol–water partition coefficient (Wildman–Crippen LogP) is 3.06. The molecular formula is C21H24N6O. The van der Waals surface area contributed by atoms with Crippen LogP contribution in [0.2, 0.25) is 0 Å². The van der Waals surface area contributed by atoms with Crippen LogP contribution in [0.3, 0.4) is 0 Å². The van der Waals surface area contributed by atoms with Crippen LogP contribution in [0, 0.1) is 6.92 Å². The first-order valence-corrected chi connectivity index (χ1v) is 8.98. The van der Waals surface area contributed by atoms with E-state index in [4.69, 9.17) is 4.98 Å². The maximum absolute atomic E-state index is 12.0.